The van der Waals surface area contributed by atoms with Gasteiger partial charge in [0.25, 0.3) is 0 Å². The van der Waals surface area contributed by atoms with Crippen LogP contribution in [0.5, 0.6) is 0 Å². The molecule has 1 unspecified atom stereocenters. The van der Waals surface area contributed by atoms with Gasteiger partial charge in [-0.1, -0.05) is 60.5 Å². The molecule has 0 saturated carbocycles. The maximum atomic E-state index is 13.9. The Kier molecular flexibility index (Phi) is 6.12. The van der Waals surface area contributed by atoms with E-state index in [1.54, 1.807) is 12.3 Å². The highest BCUT2D eigenvalue weighted by Gasteiger charge is 2.50. The molecule has 4 rings (SSSR count). The number of hydrogen-bond donors (Lipinski definition) is 0. The van der Waals surface area contributed by atoms with Crippen LogP contribution in [0.15, 0.2) is 79.8 Å². The van der Waals surface area contributed by atoms with Gasteiger partial charge in [0.2, 0.25) is 5.91 Å². The monoisotopic (exact) mass is 451 g/mol. The van der Waals surface area contributed by atoms with Crippen molar-refractivity contribution in [3.8, 4) is 0 Å². The molecule has 3 aromatic rings. The van der Waals surface area contributed by atoms with Crippen LogP contribution in [0.25, 0.3) is 0 Å². The van der Waals surface area contributed by atoms with Gasteiger partial charge < -0.3 is 0 Å². The predicted octanol–water partition coefficient (Wildman–Crippen LogP) is 6.63. The molecule has 158 valence electrons. The molecule has 1 saturated heterocycles. The highest BCUT2D eigenvalue weighted by atomic mass is 35.5. The quantitative estimate of drug-likeness (QED) is 0.409. The van der Waals surface area contributed by atoms with E-state index in [0.717, 1.165) is 11.1 Å². The zero-order valence-electron chi connectivity index (χ0n) is 17.2. The molecule has 0 N–H and O–H groups in total. The number of nitrogens with zero attached hydrogens (tertiary/aromatic N) is 3. The van der Waals surface area contributed by atoms with E-state index in [-0.39, 0.29) is 17.9 Å². The summed E-state index contributed by atoms with van der Waals surface area (Å²) in [5, 5.41) is 1.32. The minimum atomic E-state index is -0.622. The Hall–Kier alpha value is -2.69. The third-order valence-corrected chi connectivity index (χ3v) is 6.45. The Balaban J connectivity index is 1.94. The number of aromatic nitrogens is 2. The van der Waals surface area contributed by atoms with Gasteiger partial charge in [0.05, 0.1) is 11.5 Å². The summed E-state index contributed by atoms with van der Waals surface area (Å²) in [6.45, 7) is 5.90. The van der Waals surface area contributed by atoms with Gasteiger partial charge >= 0.3 is 0 Å². The van der Waals surface area contributed by atoms with Crippen LogP contribution < -0.4 is 4.90 Å². The molecule has 4 nitrogen and oxygen atoms in total. The van der Waals surface area contributed by atoms with E-state index in [1.165, 1.54) is 6.33 Å². The van der Waals surface area contributed by atoms with Crippen LogP contribution in [0.1, 0.15) is 42.9 Å². The van der Waals surface area contributed by atoms with E-state index in [0.29, 0.717) is 28.7 Å². The van der Waals surface area contributed by atoms with Crippen LogP contribution in [0.2, 0.25) is 10.0 Å². The van der Waals surface area contributed by atoms with E-state index in [9.17, 15) is 4.79 Å². The number of anilines is 1. The van der Waals surface area contributed by atoms with Gasteiger partial charge in [0.15, 0.2) is 0 Å². The second-order valence-electron chi connectivity index (χ2n) is 8.16. The number of rotatable bonds is 5. The van der Waals surface area contributed by atoms with Crippen molar-refractivity contribution < 1.29 is 4.79 Å². The summed E-state index contributed by atoms with van der Waals surface area (Å²) >= 11 is 12.5. The second-order valence-corrected chi connectivity index (χ2v) is 9.03. The SMILES string of the molecule is C=CC[C@@]1(C)CC(c2cccc(Cl)c2)[C@@H](c2ccc(Cl)cc2)N(c2ccncn2)C1=O. The lowest BCUT2D eigenvalue weighted by atomic mass is 9.67. The van der Waals surface area contributed by atoms with E-state index >= 15 is 0 Å². The summed E-state index contributed by atoms with van der Waals surface area (Å²) in [4.78, 5) is 24.2. The number of carbonyl (C=O) groups is 1. The van der Waals surface area contributed by atoms with Gasteiger partial charge in [-0.2, -0.15) is 0 Å². The average molecular weight is 452 g/mol. The minimum Gasteiger partial charge on any atom is -0.288 e. The van der Waals surface area contributed by atoms with Crippen LogP contribution in [0.4, 0.5) is 5.82 Å². The van der Waals surface area contributed by atoms with E-state index < -0.39 is 5.41 Å². The number of carbonyl (C=O) groups excluding carboxylic acids is 1. The van der Waals surface area contributed by atoms with Gasteiger partial charge in [0.1, 0.15) is 12.1 Å². The van der Waals surface area contributed by atoms with Gasteiger partial charge in [-0.3, -0.25) is 9.69 Å². The average Bonchev–Trinajstić information content (AvgIpc) is 2.77. The predicted molar refractivity (Wildman–Crippen MR) is 125 cm³/mol. The molecule has 2 aromatic carbocycles. The summed E-state index contributed by atoms with van der Waals surface area (Å²) in [6.07, 6.45) is 6.16. The summed E-state index contributed by atoms with van der Waals surface area (Å²) in [5.41, 5.74) is 1.44. The van der Waals surface area contributed by atoms with Crippen molar-refractivity contribution in [1.82, 2.24) is 9.97 Å². The summed E-state index contributed by atoms with van der Waals surface area (Å²) in [5.74, 6) is 0.587. The molecule has 0 bridgehead atoms. The van der Waals surface area contributed by atoms with Crippen LogP contribution >= 0.6 is 23.2 Å². The number of amides is 1. The third kappa shape index (κ3) is 4.23. The maximum Gasteiger partial charge on any atom is 0.235 e. The first-order chi connectivity index (χ1) is 14.9. The van der Waals surface area contributed by atoms with Crippen molar-refractivity contribution in [2.45, 2.75) is 31.7 Å². The van der Waals surface area contributed by atoms with Crippen molar-refractivity contribution in [3.05, 3.63) is 101 Å². The van der Waals surface area contributed by atoms with Crippen LogP contribution in [0, 0.1) is 5.41 Å². The molecule has 1 aliphatic heterocycles. The first-order valence-corrected chi connectivity index (χ1v) is 10.9. The molecule has 1 amide bonds. The lowest BCUT2D eigenvalue weighted by Crippen LogP contribution is -2.52. The zero-order valence-corrected chi connectivity index (χ0v) is 18.7. The van der Waals surface area contributed by atoms with Gasteiger partial charge in [0, 0.05) is 22.2 Å². The fourth-order valence-corrected chi connectivity index (χ4v) is 4.85. The van der Waals surface area contributed by atoms with Crippen molar-refractivity contribution >= 4 is 34.9 Å². The molecule has 0 aliphatic carbocycles. The topological polar surface area (TPSA) is 46.1 Å². The Morgan fingerprint density at radius 1 is 1.13 bits per heavy atom. The first kappa shape index (κ1) is 21.5. The van der Waals surface area contributed by atoms with Gasteiger partial charge in [-0.05, 0) is 54.3 Å². The number of allylic oxidation sites excluding steroid dienone is 1. The van der Waals surface area contributed by atoms with Gasteiger partial charge in [-0.15, -0.1) is 6.58 Å². The van der Waals surface area contributed by atoms with E-state index in [4.69, 9.17) is 23.2 Å². The summed E-state index contributed by atoms with van der Waals surface area (Å²) in [7, 11) is 0. The van der Waals surface area contributed by atoms with E-state index in [2.05, 4.69) is 22.6 Å². The fourth-order valence-electron chi connectivity index (χ4n) is 4.52. The van der Waals surface area contributed by atoms with Crippen molar-refractivity contribution in [3.63, 3.8) is 0 Å². The maximum absolute atomic E-state index is 13.9. The smallest absolute Gasteiger partial charge is 0.235 e. The third-order valence-electron chi connectivity index (χ3n) is 5.96. The first-order valence-electron chi connectivity index (χ1n) is 10.1. The van der Waals surface area contributed by atoms with Crippen LogP contribution in [-0.4, -0.2) is 15.9 Å². The molecule has 1 aliphatic rings. The van der Waals surface area contributed by atoms with Crippen molar-refractivity contribution in [2.75, 3.05) is 4.90 Å². The minimum absolute atomic E-state index is 0.00232. The Bertz CT molecular complexity index is 1090. The van der Waals surface area contributed by atoms with Gasteiger partial charge in [-0.25, -0.2) is 9.97 Å². The second kappa shape index (κ2) is 8.81. The molecule has 31 heavy (non-hydrogen) atoms. The molecular weight excluding hydrogens is 429 g/mol. The number of benzene rings is 2. The summed E-state index contributed by atoms with van der Waals surface area (Å²) < 4.78 is 0. The molecule has 3 atom stereocenters. The lowest BCUT2D eigenvalue weighted by molar-refractivity contribution is -0.131. The number of halogens is 2. The molecule has 1 fully saturated rings. The highest BCUT2D eigenvalue weighted by molar-refractivity contribution is 6.30. The normalized spacial score (nSPS) is 23.6. The largest absolute Gasteiger partial charge is 0.288 e. The number of hydrogen-bond acceptors (Lipinski definition) is 3. The Morgan fingerprint density at radius 2 is 1.90 bits per heavy atom. The van der Waals surface area contributed by atoms with Crippen molar-refractivity contribution in [2.24, 2.45) is 5.41 Å². The fraction of sp³-hybridized carbons (Fsp3) is 0.240. The molecule has 0 spiro atoms. The molecular formula is C25H23Cl2N3O. The lowest BCUT2D eigenvalue weighted by Gasteiger charge is -2.48. The Morgan fingerprint density at radius 3 is 2.55 bits per heavy atom. The van der Waals surface area contributed by atoms with E-state index in [1.807, 2.05) is 60.4 Å². The molecule has 6 heteroatoms. The molecule has 1 aromatic heterocycles. The standard InChI is InChI=1S/C25H23Cl2N3O/c1-3-12-25(2)15-21(18-5-4-6-20(27)14-18)23(17-7-9-19(26)10-8-17)30(24(25)31)22-11-13-28-16-29-22/h3-11,13-14,16,21,23H,1,12,15H2,2H3/t21?,23-,25+/m1/s1. The van der Waals surface area contributed by atoms with Crippen LogP contribution in [-0.2, 0) is 4.79 Å². The number of piperidine rings is 1. The van der Waals surface area contributed by atoms with Crippen molar-refractivity contribution in [1.29, 1.82) is 0 Å². The Labute approximate surface area is 192 Å². The van der Waals surface area contributed by atoms with Crippen LogP contribution in [0.3, 0.4) is 0 Å². The zero-order chi connectivity index (χ0) is 22.0. The highest BCUT2D eigenvalue weighted by Crippen LogP contribution is 2.52. The summed E-state index contributed by atoms with van der Waals surface area (Å²) in [6, 6.07) is 17.0. The molecule has 0 radical (unpaired) electrons. The molecule has 2 heterocycles.